The number of likely N-dealkylation sites (N-methyl/N-ethyl adjacent to an activating group) is 1. The number of unbranched alkanes of at least 4 members (excludes halogenated alkanes) is 15. The van der Waals surface area contributed by atoms with Gasteiger partial charge in [-0.05, 0) is 6.42 Å². The highest BCUT2D eigenvalue weighted by atomic mass is 31.2. The highest BCUT2D eigenvalue weighted by Crippen LogP contribution is 2.43. The molecule has 2 N–H and O–H groups in total. The van der Waals surface area contributed by atoms with Gasteiger partial charge in [0.2, 0.25) is 0 Å². The lowest BCUT2D eigenvalue weighted by molar-refractivity contribution is -0.870. The molecule has 0 saturated heterocycles. The third kappa shape index (κ3) is 25.2. The number of carbonyl (C=O) groups is 1. The first kappa shape index (κ1) is 35.5. The SMILES string of the molecule is CCCCCCCCCCCCCCCCCCC(=O)OC(CO)COP(=O)(O)OCC[N+](C)(C)C. The number of ether oxygens (including phenoxy) is 1. The summed E-state index contributed by atoms with van der Waals surface area (Å²) in [5.41, 5.74) is 0. The molecule has 0 aromatic carbocycles. The maximum atomic E-state index is 12.0. The van der Waals surface area contributed by atoms with E-state index in [1.165, 1.54) is 83.5 Å². The summed E-state index contributed by atoms with van der Waals surface area (Å²) < 4.78 is 27.5. The summed E-state index contributed by atoms with van der Waals surface area (Å²) in [7, 11) is 1.56. The lowest BCUT2D eigenvalue weighted by Gasteiger charge is -2.24. The Morgan fingerprint density at radius 1 is 0.778 bits per heavy atom. The molecule has 216 valence electrons. The van der Waals surface area contributed by atoms with Crippen molar-refractivity contribution in [3.8, 4) is 0 Å². The van der Waals surface area contributed by atoms with E-state index >= 15 is 0 Å². The van der Waals surface area contributed by atoms with Gasteiger partial charge in [-0.1, -0.05) is 103 Å². The molecule has 0 bridgehead atoms. The molecule has 0 aliphatic rings. The summed E-state index contributed by atoms with van der Waals surface area (Å²) in [6, 6.07) is 0. The van der Waals surface area contributed by atoms with E-state index in [9.17, 15) is 19.4 Å². The summed E-state index contributed by atoms with van der Waals surface area (Å²) in [4.78, 5) is 21.7. The van der Waals surface area contributed by atoms with Crippen LogP contribution in [0.1, 0.15) is 116 Å². The van der Waals surface area contributed by atoms with Gasteiger partial charge in [0, 0.05) is 6.42 Å². The summed E-state index contributed by atoms with van der Waals surface area (Å²) in [6.45, 7) is 1.98. The van der Waals surface area contributed by atoms with Gasteiger partial charge < -0.3 is 19.2 Å². The molecule has 0 heterocycles. The maximum Gasteiger partial charge on any atom is 0.472 e. The van der Waals surface area contributed by atoms with E-state index in [1.807, 2.05) is 21.1 Å². The van der Waals surface area contributed by atoms with Crippen molar-refractivity contribution < 1.29 is 37.6 Å². The van der Waals surface area contributed by atoms with Crippen molar-refractivity contribution in [3.05, 3.63) is 0 Å². The van der Waals surface area contributed by atoms with Gasteiger partial charge in [0.25, 0.3) is 0 Å². The van der Waals surface area contributed by atoms with Crippen LogP contribution in [0.4, 0.5) is 0 Å². The average molecular weight is 539 g/mol. The van der Waals surface area contributed by atoms with Gasteiger partial charge in [0.1, 0.15) is 19.3 Å². The van der Waals surface area contributed by atoms with Gasteiger partial charge in [-0.2, -0.15) is 0 Å². The smallest absolute Gasteiger partial charge is 0.457 e. The molecule has 0 amide bonds. The van der Waals surface area contributed by atoms with Crippen LogP contribution in [0.25, 0.3) is 0 Å². The number of aliphatic hydroxyl groups excluding tert-OH is 1. The molecule has 0 fully saturated rings. The quantitative estimate of drug-likeness (QED) is 0.0570. The number of phosphoric ester groups is 1. The van der Waals surface area contributed by atoms with Crippen molar-refractivity contribution in [3.63, 3.8) is 0 Å². The van der Waals surface area contributed by atoms with Crippen molar-refractivity contribution in [2.24, 2.45) is 0 Å². The largest absolute Gasteiger partial charge is 0.472 e. The van der Waals surface area contributed by atoms with Gasteiger partial charge in [0.15, 0.2) is 0 Å². The van der Waals surface area contributed by atoms with Crippen LogP contribution in [0.15, 0.2) is 0 Å². The van der Waals surface area contributed by atoms with E-state index < -0.39 is 26.5 Å². The summed E-state index contributed by atoms with van der Waals surface area (Å²) >= 11 is 0. The fourth-order valence-corrected chi connectivity index (χ4v) is 4.57. The minimum atomic E-state index is -4.26. The second-order valence-corrected chi connectivity index (χ2v) is 12.4. The molecule has 8 nitrogen and oxygen atoms in total. The fourth-order valence-electron chi connectivity index (χ4n) is 3.83. The highest BCUT2D eigenvalue weighted by molar-refractivity contribution is 7.47. The Bertz CT molecular complexity index is 569. The zero-order chi connectivity index (χ0) is 27.1. The third-order valence-corrected chi connectivity index (χ3v) is 7.16. The molecule has 0 radical (unpaired) electrons. The van der Waals surface area contributed by atoms with Crippen molar-refractivity contribution in [1.82, 2.24) is 0 Å². The van der Waals surface area contributed by atoms with E-state index in [4.69, 9.17) is 13.8 Å². The van der Waals surface area contributed by atoms with Crippen LogP contribution in [0.2, 0.25) is 0 Å². The van der Waals surface area contributed by atoms with E-state index in [-0.39, 0.29) is 19.6 Å². The van der Waals surface area contributed by atoms with E-state index in [2.05, 4.69) is 6.92 Å². The Hall–Kier alpha value is -0.500. The molecule has 2 atom stereocenters. The lowest BCUT2D eigenvalue weighted by atomic mass is 10.0. The number of rotatable bonds is 26. The van der Waals surface area contributed by atoms with E-state index in [0.717, 1.165) is 19.3 Å². The van der Waals surface area contributed by atoms with E-state index in [0.29, 0.717) is 11.0 Å². The number of nitrogens with zero attached hydrogens (tertiary/aromatic N) is 1. The van der Waals surface area contributed by atoms with Gasteiger partial charge in [0.05, 0.1) is 34.4 Å². The first-order valence-electron chi connectivity index (χ1n) is 14.3. The Morgan fingerprint density at radius 2 is 1.22 bits per heavy atom. The minimum Gasteiger partial charge on any atom is -0.457 e. The minimum absolute atomic E-state index is 0.0557. The first-order chi connectivity index (χ1) is 17.1. The number of hydrogen-bond donors (Lipinski definition) is 2. The van der Waals surface area contributed by atoms with E-state index in [1.54, 1.807) is 0 Å². The van der Waals surface area contributed by atoms with Crippen molar-refractivity contribution in [1.29, 1.82) is 0 Å². The predicted molar refractivity (Wildman–Crippen MR) is 146 cm³/mol. The number of phosphoric acid groups is 1. The zero-order valence-electron chi connectivity index (χ0n) is 23.8. The van der Waals surface area contributed by atoms with Gasteiger partial charge in [-0.25, -0.2) is 4.57 Å². The second-order valence-electron chi connectivity index (χ2n) is 11.0. The molecule has 36 heavy (non-hydrogen) atoms. The van der Waals surface area contributed by atoms with Crippen molar-refractivity contribution in [2.75, 3.05) is 47.5 Å². The number of aliphatic hydroxyl groups is 1. The monoisotopic (exact) mass is 538 g/mol. The predicted octanol–water partition coefficient (Wildman–Crippen LogP) is 6.38. The van der Waals surface area contributed by atoms with Crippen LogP contribution >= 0.6 is 7.82 Å². The maximum absolute atomic E-state index is 12.0. The van der Waals surface area contributed by atoms with Crippen molar-refractivity contribution in [2.45, 2.75) is 122 Å². The molecular formula is C27H57NO7P+. The van der Waals surface area contributed by atoms with Gasteiger partial charge in [-0.15, -0.1) is 0 Å². The molecule has 2 unspecified atom stereocenters. The fraction of sp³-hybridized carbons (Fsp3) is 0.963. The van der Waals surface area contributed by atoms with Gasteiger partial charge in [-0.3, -0.25) is 13.8 Å². The first-order valence-corrected chi connectivity index (χ1v) is 15.8. The summed E-state index contributed by atoms with van der Waals surface area (Å²) in [5, 5.41) is 9.40. The molecule has 0 aliphatic carbocycles. The Kier molecular flexibility index (Phi) is 22.2. The van der Waals surface area contributed by atoms with Gasteiger partial charge >= 0.3 is 13.8 Å². The molecule has 0 aliphatic heterocycles. The average Bonchev–Trinajstić information content (AvgIpc) is 2.80. The molecular weight excluding hydrogens is 481 g/mol. The molecule has 0 rings (SSSR count). The molecule has 0 aromatic heterocycles. The summed E-state index contributed by atoms with van der Waals surface area (Å²) in [5.74, 6) is -0.429. The molecule has 0 saturated carbocycles. The number of esters is 1. The van der Waals surface area contributed by atoms with Crippen LogP contribution in [0.5, 0.6) is 0 Å². The van der Waals surface area contributed by atoms with Crippen molar-refractivity contribution >= 4 is 13.8 Å². The van der Waals surface area contributed by atoms with Crippen LogP contribution in [-0.2, 0) is 23.1 Å². The zero-order valence-corrected chi connectivity index (χ0v) is 24.7. The molecule has 9 heteroatoms. The Morgan fingerprint density at radius 3 is 1.64 bits per heavy atom. The van der Waals surface area contributed by atoms with Crippen LogP contribution in [0, 0.1) is 0 Å². The lowest BCUT2D eigenvalue weighted by Crippen LogP contribution is -2.37. The standard InChI is InChI=1S/C27H56NO7P/c1-5-6-7-8-9-10-11-12-13-14-15-16-17-18-19-20-21-27(30)35-26(24-29)25-34-36(31,32)33-23-22-28(2,3)4/h26,29H,5-25H2,1-4H3/p+1. The Balaban J connectivity index is 3.65. The highest BCUT2D eigenvalue weighted by Gasteiger charge is 2.25. The topological polar surface area (TPSA) is 102 Å². The number of quaternary nitrogens is 1. The summed E-state index contributed by atoms with van der Waals surface area (Å²) in [6.07, 6.45) is 19.6. The molecule has 0 spiro atoms. The van der Waals surface area contributed by atoms with Crippen LogP contribution in [0.3, 0.4) is 0 Å². The number of hydrogen-bond acceptors (Lipinski definition) is 6. The Labute approximate surface area is 221 Å². The van der Waals surface area contributed by atoms with Crippen LogP contribution < -0.4 is 0 Å². The second kappa shape index (κ2) is 22.5. The number of carbonyl (C=O) groups excluding carboxylic acids is 1. The normalized spacial score (nSPS) is 14.5. The third-order valence-electron chi connectivity index (χ3n) is 6.18. The molecule has 0 aromatic rings. The van der Waals surface area contributed by atoms with Crippen LogP contribution in [-0.4, -0.2) is 74.1 Å².